The quantitative estimate of drug-likeness (QED) is 0.0120. The number of phosphoric acid groups is 1. The summed E-state index contributed by atoms with van der Waals surface area (Å²) in [5, 5.41) is 50.1. The lowest BCUT2D eigenvalue weighted by atomic mass is 9.85. The number of epoxide rings is 1. The molecule has 0 spiro atoms. The summed E-state index contributed by atoms with van der Waals surface area (Å²) in [4.78, 5) is 35.7. The van der Waals surface area contributed by atoms with Gasteiger partial charge < -0.3 is 44.6 Å². The van der Waals surface area contributed by atoms with Gasteiger partial charge in [0, 0.05) is 12.8 Å². The number of aliphatic hydroxyl groups excluding tert-OH is 5. The summed E-state index contributed by atoms with van der Waals surface area (Å²) in [6.45, 7) is 3.25. The van der Waals surface area contributed by atoms with Gasteiger partial charge in [0.25, 0.3) is 0 Å². The Morgan fingerprint density at radius 1 is 0.603 bits per heavy atom. The molecule has 0 aromatic rings. The van der Waals surface area contributed by atoms with E-state index in [2.05, 4.69) is 26.0 Å². The largest absolute Gasteiger partial charge is 0.472 e. The first-order chi connectivity index (χ1) is 27.9. The Hall–Kier alpha value is -1.45. The normalized spacial score (nSPS) is 26.1. The highest BCUT2D eigenvalue weighted by molar-refractivity contribution is 7.47. The molecular formula is C43H79O14P. The van der Waals surface area contributed by atoms with E-state index in [1.807, 2.05) is 0 Å². The lowest BCUT2D eigenvalue weighted by molar-refractivity contribution is -0.220. The van der Waals surface area contributed by atoms with Gasteiger partial charge in [0.1, 0.15) is 43.2 Å². The monoisotopic (exact) mass is 851 g/mol. The average molecular weight is 851 g/mol. The topological polar surface area (TPSA) is 222 Å². The van der Waals surface area contributed by atoms with Crippen molar-refractivity contribution in [3.63, 3.8) is 0 Å². The molecule has 0 aromatic carbocycles. The minimum absolute atomic E-state index is 0.0793. The summed E-state index contributed by atoms with van der Waals surface area (Å²) in [6, 6.07) is 0. The van der Waals surface area contributed by atoms with E-state index in [-0.39, 0.29) is 12.8 Å². The Morgan fingerprint density at radius 3 is 1.66 bits per heavy atom. The van der Waals surface area contributed by atoms with E-state index in [1.165, 1.54) is 77.0 Å². The summed E-state index contributed by atoms with van der Waals surface area (Å²) >= 11 is 0. The summed E-state index contributed by atoms with van der Waals surface area (Å²) in [6.07, 6.45) is 18.7. The molecular weight excluding hydrogens is 771 g/mol. The fourth-order valence-electron chi connectivity index (χ4n) is 7.24. The molecule has 0 radical (unpaired) electrons. The SMILES string of the molecule is CCCCCCCCCCCCCCCC(=O)OC[C@H](COP(=O)(O)OC1[C@H](O)[C@H](O)C(O)[C@H](O)[C@H]1O)OC(=O)CCCCCCC/C=C\CC1OC1CCCCC. The first-order valence-electron chi connectivity index (χ1n) is 22.6. The van der Waals surface area contributed by atoms with Crippen LogP contribution in [0.4, 0.5) is 0 Å². The number of unbranched alkanes of at least 4 members (excludes halogenated alkanes) is 19. The van der Waals surface area contributed by atoms with Crippen LogP contribution in [0.2, 0.25) is 0 Å². The van der Waals surface area contributed by atoms with Crippen molar-refractivity contribution in [2.75, 3.05) is 13.2 Å². The lowest BCUT2D eigenvalue weighted by Gasteiger charge is -2.41. The molecule has 1 saturated heterocycles. The zero-order valence-corrected chi connectivity index (χ0v) is 36.4. The molecule has 0 bridgehead atoms. The van der Waals surface area contributed by atoms with Crippen LogP contribution in [0.15, 0.2) is 12.2 Å². The van der Waals surface area contributed by atoms with Crippen molar-refractivity contribution in [2.45, 2.75) is 236 Å². The number of rotatable bonds is 36. The number of allylic oxidation sites excluding steroid dienone is 1. The van der Waals surface area contributed by atoms with Crippen LogP contribution in [0.1, 0.15) is 181 Å². The van der Waals surface area contributed by atoms with E-state index in [0.717, 1.165) is 64.2 Å². The molecule has 10 atom stereocenters. The molecule has 15 heteroatoms. The van der Waals surface area contributed by atoms with E-state index in [1.54, 1.807) is 0 Å². The number of carbonyl (C=O) groups excluding carboxylic acids is 2. The highest BCUT2D eigenvalue weighted by Gasteiger charge is 2.51. The van der Waals surface area contributed by atoms with Gasteiger partial charge in [-0.05, 0) is 38.5 Å². The van der Waals surface area contributed by atoms with Crippen LogP contribution >= 0.6 is 7.82 Å². The molecule has 2 aliphatic rings. The van der Waals surface area contributed by atoms with Crippen LogP contribution in [0.3, 0.4) is 0 Å². The van der Waals surface area contributed by atoms with Crippen molar-refractivity contribution in [3.05, 3.63) is 12.2 Å². The van der Waals surface area contributed by atoms with E-state index in [9.17, 15) is 44.6 Å². The molecule has 5 unspecified atom stereocenters. The summed E-state index contributed by atoms with van der Waals surface area (Å²) in [5.74, 6) is -1.11. The maximum Gasteiger partial charge on any atom is 0.472 e. The molecule has 1 heterocycles. The maximum absolute atomic E-state index is 12.8. The average Bonchev–Trinajstić information content (AvgIpc) is 3.96. The maximum atomic E-state index is 12.8. The smallest absolute Gasteiger partial charge is 0.462 e. The van der Waals surface area contributed by atoms with E-state index < -0.39 is 75.7 Å². The number of carbonyl (C=O) groups is 2. The van der Waals surface area contributed by atoms with Crippen molar-refractivity contribution >= 4 is 19.8 Å². The molecule has 2 rings (SSSR count). The lowest BCUT2D eigenvalue weighted by Crippen LogP contribution is -2.64. The third kappa shape index (κ3) is 23.5. The van der Waals surface area contributed by atoms with Crippen molar-refractivity contribution in [2.24, 2.45) is 0 Å². The predicted octanol–water partition coefficient (Wildman–Crippen LogP) is 7.27. The third-order valence-corrected chi connectivity index (χ3v) is 12.0. The Balaban J connectivity index is 1.71. The third-order valence-electron chi connectivity index (χ3n) is 11.0. The number of aliphatic hydroxyl groups is 5. The van der Waals surface area contributed by atoms with E-state index >= 15 is 0 Å². The predicted molar refractivity (Wildman–Crippen MR) is 221 cm³/mol. The fourth-order valence-corrected chi connectivity index (χ4v) is 8.21. The van der Waals surface area contributed by atoms with Gasteiger partial charge >= 0.3 is 19.8 Å². The van der Waals surface area contributed by atoms with Crippen molar-refractivity contribution in [3.8, 4) is 0 Å². The molecule has 6 N–H and O–H groups in total. The van der Waals surface area contributed by atoms with Gasteiger partial charge in [-0.15, -0.1) is 0 Å². The Kier molecular flexibility index (Phi) is 28.5. The van der Waals surface area contributed by atoms with Crippen molar-refractivity contribution in [1.29, 1.82) is 0 Å². The van der Waals surface area contributed by atoms with Gasteiger partial charge in [-0.25, -0.2) is 4.57 Å². The van der Waals surface area contributed by atoms with Crippen LogP contribution in [-0.2, 0) is 37.4 Å². The highest BCUT2D eigenvalue weighted by atomic mass is 31.2. The van der Waals surface area contributed by atoms with Gasteiger partial charge in [-0.1, -0.05) is 142 Å². The second kappa shape index (κ2) is 31.4. The zero-order chi connectivity index (χ0) is 42.6. The van der Waals surface area contributed by atoms with Crippen molar-refractivity contribution in [1.82, 2.24) is 0 Å². The molecule has 0 aromatic heterocycles. The van der Waals surface area contributed by atoms with E-state index in [4.69, 9.17) is 23.3 Å². The minimum Gasteiger partial charge on any atom is -0.462 e. The van der Waals surface area contributed by atoms with Gasteiger partial charge in [0.05, 0.1) is 18.8 Å². The Bertz CT molecular complexity index is 1140. The second-order valence-corrected chi connectivity index (χ2v) is 17.7. The number of hydrogen-bond donors (Lipinski definition) is 6. The molecule has 340 valence electrons. The first kappa shape index (κ1) is 52.7. The zero-order valence-electron chi connectivity index (χ0n) is 35.5. The van der Waals surface area contributed by atoms with Crippen LogP contribution in [0.25, 0.3) is 0 Å². The molecule has 1 aliphatic heterocycles. The van der Waals surface area contributed by atoms with Crippen LogP contribution in [0, 0.1) is 0 Å². The van der Waals surface area contributed by atoms with Gasteiger partial charge in [-0.2, -0.15) is 0 Å². The molecule has 58 heavy (non-hydrogen) atoms. The van der Waals surface area contributed by atoms with Crippen LogP contribution in [-0.4, -0.2) is 111 Å². The highest BCUT2D eigenvalue weighted by Crippen LogP contribution is 2.47. The number of ether oxygens (including phenoxy) is 3. The Labute approximate surface area is 348 Å². The molecule has 1 saturated carbocycles. The van der Waals surface area contributed by atoms with Gasteiger partial charge in [-0.3, -0.25) is 18.6 Å². The Morgan fingerprint density at radius 2 is 1.09 bits per heavy atom. The standard InChI is InChI=1S/C43H79O14P/c1-3-5-7-8-9-10-11-12-13-14-18-21-25-29-36(44)53-31-33(32-54-58(51,52)57-43-41(49)39(47)38(46)40(48)42(43)50)55-37(45)30-26-22-19-16-15-17-20-24-28-35-34(56-35)27-23-6-4-2/h20,24,33-35,38-43,46-50H,3-19,21-23,25-32H2,1-2H3,(H,51,52)/b24-20-/t33-,34?,35?,38?,39-,40+,41-,42-,43?/m1/s1. The van der Waals surface area contributed by atoms with Gasteiger partial charge in [0.15, 0.2) is 6.10 Å². The molecule has 1 aliphatic carbocycles. The van der Waals surface area contributed by atoms with Crippen molar-refractivity contribution < 1.29 is 67.8 Å². The summed E-state index contributed by atoms with van der Waals surface area (Å²) in [5.41, 5.74) is 0. The number of phosphoric ester groups is 1. The second-order valence-electron chi connectivity index (χ2n) is 16.3. The summed E-state index contributed by atoms with van der Waals surface area (Å²) in [7, 11) is -5.12. The van der Waals surface area contributed by atoms with Crippen LogP contribution < -0.4 is 0 Å². The summed E-state index contributed by atoms with van der Waals surface area (Å²) < 4.78 is 39.2. The van der Waals surface area contributed by atoms with Crippen LogP contribution in [0.5, 0.6) is 0 Å². The number of esters is 2. The molecule has 14 nitrogen and oxygen atoms in total. The fraction of sp³-hybridized carbons (Fsp3) is 0.907. The molecule has 2 fully saturated rings. The van der Waals surface area contributed by atoms with E-state index in [0.29, 0.717) is 25.0 Å². The van der Waals surface area contributed by atoms with Gasteiger partial charge in [0.2, 0.25) is 0 Å². The first-order valence-corrected chi connectivity index (χ1v) is 24.1. The minimum atomic E-state index is -5.12. The molecule has 0 amide bonds. The number of hydrogen-bond acceptors (Lipinski definition) is 13.